The number of thiazole rings is 2. The molecule has 0 saturated carbocycles. The molecule has 3 heterocycles. The maximum absolute atomic E-state index is 12.2. The standard InChI is InChI=1S/C15H16N4O4S2/c1-8-12(13(22)23-2)25-14(16-8)18-10(20)6-9-7-24-15(17-9)19-5-3-4-11(19)21/h7H,3-6H2,1-2H3,(H,16,18,20). The molecule has 2 amide bonds. The summed E-state index contributed by atoms with van der Waals surface area (Å²) in [6.07, 6.45) is 1.45. The van der Waals surface area contributed by atoms with Crippen LogP contribution in [0.4, 0.5) is 10.3 Å². The van der Waals surface area contributed by atoms with Crippen LogP contribution in [0.5, 0.6) is 0 Å². The summed E-state index contributed by atoms with van der Waals surface area (Å²) in [5.74, 6) is -0.691. The third-order valence-electron chi connectivity index (χ3n) is 3.60. The van der Waals surface area contributed by atoms with Gasteiger partial charge in [-0.15, -0.1) is 11.3 Å². The molecular formula is C15H16N4O4S2. The fraction of sp³-hybridized carbons (Fsp3) is 0.400. The Labute approximate surface area is 151 Å². The molecule has 3 rings (SSSR count). The molecule has 2 aromatic heterocycles. The number of amides is 2. The number of hydrogen-bond acceptors (Lipinski definition) is 8. The van der Waals surface area contributed by atoms with Crippen LogP contribution in [0.3, 0.4) is 0 Å². The van der Waals surface area contributed by atoms with E-state index in [0.29, 0.717) is 39.5 Å². The summed E-state index contributed by atoms with van der Waals surface area (Å²) in [4.78, 5) is 46.0. The molecule has 0 aromatic carbocycles. The van der Waals surface area contributed by atoms with Gasteiger partial charge >= 0.3 is 5.97 Å². The highest BCUT2D eigenvalue weighted by Gasteiger charge is 2.24. The van der Waals surface area contributed by atoms with Crippen molar-refractivity contribution in [2.45, 2.75) is 26.2 Å². The van der Waals surface area contributed by atoms with Gasteiger partial charge in [0.05, 0.1) is 24.9 Å². The number of aromatic nitrogens is 2. The van der Waals surface area contributed by atoms with Gasteiger partial charge in [-0.3, -0.25) is 14.5 Å². The highest BCUT2D eigenvalue weighted by molar-refractivity contribution is 7.17. The predicted octanol–water partition coefficient (Wildman–Crippen LogP) is 2.00. The number of ether oxygens (including phenoxy) is 1. The molecule has 0 aliphatic carbocycles. The van der Waals surface area contributed by atoms with E-state index in [0.717, 1.165) is 17.8 Å². The number of aryl methyl sites for hydroxylation is 1. The number of hydrogen-bond donors (Lipinski definition) is 1. The Balaban J connectivity index is 1.62. The largest absolute Gasteiger partial charge is 0.465 e. The van der Waals surface area contributed by atoms with E-state index in [2.05, 4.69) is 20.0 Å². The van der Waals surface area contributed by atoms with Crippen molar-refractivity contribution in [1.29, 1.82) is 0 Å². The number of nitrogens with one attached hydrogen (secondary N) is 1. The summed E-state index contributed by atoms with van der Waals surface area (Å²) in [5, 5.41) is 5.40. The Hall–Kier alpha value is -2.33. The molecule has 8 nitrogen and oxygen atoms in total. The minimum atomic E-state index is -0.477. The normalized spacial score (nSPS) is 14.0. The van der Waals surface area contributed by atoms with Gasteiger partial charge in [-0.1, -0.05) is 11.3 Å². The first-order valence-corrected chi connectivity index (χ1v) is 9.28. The number of esters is 1. The first-order chi connectivity index (χ1) is 12.0. The van der Waals surface area contributed by atoms with Crippen molar-refractivity contribution in [2.24, 2.45) is 0 Å². The lowest BCUT2D eigenvalue weighted by Crippen LogP contribution is -2.23. The van der Waals surface area contributed by atoms with Gasteiger partial charge in [-0.05, 0) is 13.3 Å². The van der Waals surface area contributed by atoms with E-state index in [4.69, 9.17) is 0 Å². The van der Waals surface area contributed by atoms with Crippen LogP contribution in [0.2, 0.25) is 0 Å². The van der Waals surface area contributed by atoms with Crippen LogP contribution in [0.15, 0.2) is 5.38 Å². The number of carbonyl (C=O) groups is 3. The van der Waals surface area contributed by atoms with Gasteiger partial charge in [0.1, 0.15) is 4.88 Å². The first-order valence-electron chi connectivity index (χ1n) is 7.58. The van der Waals surface area contributed by atoms with Crippen LogP contribution in [0.25, 0.3) is 0 Å². The fourth-order valence-electron chi connectivity index (χ4n) is 2.41. The fourth-order valence-corrected chi connectivity index (χ4v) is 4.18. The van der Waals surface area contributed by atoms with Crippen molar-refractivity contribution in [3.63, 3.8) is 0 Å². The lowest BCUT2D eigenvalue weighted by atomic mass is 10.3. The lowest BCUT2D eigenvalue weighted by molar-refractivity contribution is -0.117. The Morgan fingerprint density at radius 1 is 1.40 bits per heavy atom. The van der Waals surface area contributed by atoms with Crippen LogP contribution in [-0.2, 0) is 20.7 Å². The number of methoxy groups -OCH3 is 1. The number of nitrogens with zero attached hydrogens (tertiary/aromatic N) is 3. The van der Waals surface area contributed by atoms with Gasteiger partial charge in [0.2, 0.25) is 11.8 Å². The zero-order valence-electron chi connectivity index (χ0n) is 13.7. The molecule has 2 aromatic rings. The highest BCUT2D eigenvalue weighted by atomic mass is 32.1. The van der Waals surface area contributed by atoms with E-state index in [1.165, 1.54) is 18.4 Å². The van der Waals surface area contributed by atoms with Crippen molar-refractivity contribution in [1.82, 2.24) is 9.97 Å². The van der Waals surface area contributed by atoms with E-state index < -0.39 is 5.97 Å². The minimum absolute atomic E-state index is 0.0685. The van der Waals surface area contributed by atoms with Crippen LogP contribution >= 0.6 is 22.7 Å². The summed E-state index contributed by atoms with van der Waals surface area (Å²) >= 11 is 2.42. The van der Waals surface area contributed by atoms with Crippen LogP contribution in [0, 0.1) is 6.92 Å². The molecule has 1 saturated heterocycles. The second-order valence-electron chi connectivity index (χ2n) is 5.42. The highest BCUT2D eigenvalue weighted by Crippen LogP contribution is 2.26. The molecule has 1 fully saturated rings. The maximum Gasteiger partial charge on any atom is 0.350 e. The summed E-state index contributed by atoms with van der Waals surface area (Å²) in [6, 6.07) is 0. The molecule has 0 radical (unpaired) electrons. The number of rotatable bonds is 5. The summed E-state index contributed by atoms with van der Waals surface area (Å²) in [5.41, 5.74) is 1.11. The minimum Gasteiger partial charge on any atom is -0.465 e. The second kappa shape index (κ2) is 7.28. The molecule has 0 atom stereocenters. The van der Waals surface area contributed by atoms with Crippen molar-refractivity contribution in [3.05, 3.63) is 21.6 Å². The molecule has 132 valence electrons. The Bertz CT molecular complexity index is 829. The molecule has 0 unspecified atom stereocenters. The Morgan fingerprint density at radius 2 is 2.20 bits per heavy atom. The first kappa shape index (κ1) is 17.5. The predicted molar refractivity (Wildman–Crippen MR) is 94.2 cm³/mol. The summed E-state index contributed by atoms with van der Waals surface area (Å²) in [7, 11) is 1.30. The van der Waals surface area contributed by atoms with Gasteiger partial charge in [0.15, 0.2) is 10.3 Å². The van der Waals surface area contributed by atoms with E-state index in [-0.39, 0.29) is 18.2 Å². The van der Waals surface area contributed by atoms with E-state index in [9.17, 15) is 14.4 Å². The smallest absolute Gasteiger partial charge is 0.350 e. The van der Waals surface area contributed by atoms with Crippen molar-refractivity contribution in [2.75, 3.05) is 23.9 Å². The van der Waals surface area contributed by atoms with Crippen LogP contribution in [-0.4, -0.2) is 41.4 Å². The van der Waals surface area contributed by atoms with Gasteiger partial charge in [0, 0.05) is 18.3 Å². The zero-order valence-corrected chi connectivity index (χ0v) is 15.3. The molecule has 0 spiro atoms. The molecule has 25 heavy (non-hydrogen) atoms. The SMILES string of the molecule is COC(=O)c1sc(NC(=O)Cc2csc(N3CCCC3=O)n2)nc1C. The molecule has 1 aliphatic heterocycles. The van der Waals surface area contributed by atoms with Crippen molar-refractivity contribution in [3.8, 4) is 0 Å². The second-order valence-corrected chi connectivity index (χ2v) is 7.26. The van der Waals surface area contributed by atoms with Gasteiger partial charge in [-0.2, -0.15) is 0 Å². The van der Waals surface area contributed by atoms with E-state index >= 15 is 0 Å². The molecular weight excluding hydrogens is 364 g/mol. The van der Waals surface area contributed by atoms with Gasteiger partial charge < -0.3 is 10.1 Å². The quantitative estimate of drug-likeness (QED) is 0.796. The van der Waals surface area contributed by atoms with Crippen LogP contribution < -0.4 is 10.2 Å². The number of carbonyl (C=O) groups excluding carboxylic acids is 3. The summed E-state index contributed by atoms with van der Waals surface area (Å²) in [6.45, 7) is 2.35. The van der Waals surface area contributed by atoms with Gasteiger partial charge in [-0.25, -0.2) is 14.8 Å². The molecule has 1 aliphatic rings. The van der Waals surface area contributed by atoms with Crippen molar-refractivity contribution < 1.29 is 19.1 Å². The van der Waals surface area contributed by atoms with E-state index in [1.807, 2.05) is 0 Å². The van der Waals surface area contributed by atoms with Crippen LogP contribution in [0.1, 0.15) is 33.9 Å². The number of anilines is 2. The van der Waals surface area contributed by atoms with E-state index in [1.54, 1.807) is 17.2 Å². The lowest BCUT2D eigenvalue weighted by Gasteiger charge is -2.10. The average molecular weight is 380 g/mol. The zero-order chi connectivity index (χ0) is 18.0. The topological polar surface area (TPSA) is 101 Å². The molecule has 0 bridgehead atoms. The van der Waals surface area contributed by atoms with Crippen molar-refractivity contribution >= 4 is 50.7 Å². The molecule has 1 N–H and O–H groups in total. The maximum atomic E-state index is 12.2. The Morgan fingerprint density at radius 3 is 2.88 bits per heavy atom. The average Bonchev–Trinajstić information content (AvgIpc) is 3.27. The van der Waals surface area contributed by atoms with Gasteiger partial charge in [0.25, 0.3) is 0 Å². The summed E-state index contributed by atoms with van der Waals surface area (Å²) < 4.78 is 4.67. The Kier molecular flexibility index (Phi) is 5.09. The molecule has 10 heteroatoms. The third-order valence-corrected chi connectivity index (χ3v) is 5.56. The monoisotopic (exact) mass is 380 g/mol. The third kappa shape index (κ3) is 3.85.